The van der Waals surface area contributed by atoms with Gasteiger partial charge in [0.15, 0.2) is 0 Å². The van der Waals surface area contributed by atoms with Gasteiger partial charge in [-0.1, -0.05) is 15.9 Å². The summed E-state index contributed by atoms with van der Waals surface area (Å²) in [5.74, 6) is 0.972. The molecular formula is C20H19BrN4O3. The standard InChI is InChI=1S/C20H19BrN4O3/c1-3-28-17-9-6-13(21)10-15(17)16-11-18(25-20(22)24-16)23-14-7-4-12(5-8-14)19(26)27-2/h4-11H,3H2,1-2H3,(H3,22,23,24,25). The second kappa shape index (κ2) is 8.71. The van der Waals surface area contributed by atoms with Crippen molar-refractivity contribution < 1.29 is 14.3 Å². The molecule has 3 aromatic rings. The molecule has 0 radical (unpaired) electrons. The predicted octanol–water partition coefficient (Wildman–Crippen LogP) is 4.42. The van der Waals surface area contributed by atoms with E-state index >= 15 is 0 Å². The van der Waals surface area contributed by atoms with Crippen molar-refractivity contribution in [3.05, 3.63) is 58.6 Å². The topological polar surface area (TPSA) is 99.4 Å². The SMILES string of the molecule is CCOc1ccc(Br)cc1-c1cc(Nc2ccc(C(=O)OC)cc2)nc(N)n1. The molecule has 2 aromatic carbocycles. The lowest BCUT2D eigenvalue weighted by atomic mass is 10.1. The van der Waals surface area contributed by atoms with Gasteiger partial charge < -0.3 is 20.5 Å². The molecule has 0 aliphatic rings. The molecule has 3 N–H and O–H groups in total. The third-order valence-electron chi connectivity index (χ3n) is 3.84. The van der Waals surface area contributed by atoms with Gasteiger partial charge in [0.1, 0.15) is 11.6 Å². The Bertz CT molecular complexity index is 993. The van der Waals surface area contributed by atoms with E-state index in [-0.39, 0.29) is 5.95 Å². The van der Waals surface area contributed by atoms with Crippen LogP contribution in [0.1, 0.15) is 17.3 Å². The third kappa shape index (κ3) is 4.58. The normalized spacial score (nSPS) is 10.4. The molecule has 28 heavy (non-hydrogen) atoms. The number of benzene rings is 2. The first kappa shape index (κ1) is 19.6. The van der Waals surface area contributed by atoms with E-state index in [4.69, 9.17) is 15.2 Å². The third-order valence-corrected chi connectivity index (χ3v) is 4.33. The van der Waals surface area contributed by atoms with Gasteiger partial charge in [-0.25, -0.2) is 9.78 Å². The summed E-state index contributed by atoms with van der Waals surface area (Å²) in [5.41, 5.74) is 8.56. The first-order valence-corrected chi connectivity index (χ1v) is 9.32. The molecular weight excluding hydrogens is 424 g/mol. The summed E-state index contributed by atoms with van der Waals surface area (Å²) < 4.78 is 11.3. The van der Waals surface area contributed by atoms with Crippen molar-refractivity contribution in [2.24, 2.45) is 0 Å². The molecule has 1 aromatic heterocycles. The van der Waals surface area contributed by atoms with Crippen molar-refractivity contribution >= 4 is 39.4 Å². The van der Waals surface area contributed by atoms with Gasteiger partial charge in [-0.3, -0.25) is 0 Å². The number of nitrogens with zero attached hydrogens (tertiary/aromatic N) is 2. The Morgan fingerprint density at radius 2 is 1.89 bits per heavy atom. The molecule has 3 rings (SSSR count). The maximum atomic E-state index is 11.5. The van der Waals surface area contributed by atoms with Gasteiger partial charge in [0.2, 0.25) is 5.95 Å². The summed E-state index contributed by atoms with van der Waals surface area (Å²) in [6, 6.07) is 14.3. The van der Waals surface area contributed by atoms with Crippen molar-refractivity contribution in [3.8, 4) is 17.0 Å². The molecule has 1 heterocycles. The number of hydrogen-bond acceptors (Lipinski definition) is 7. The monoisotopic (exact) mass is 442 g/mol. The largest absolute Gasteiger partial charge is 0.493 e. The quantitative estimate of drug-likeness (QED) is 0.544. The molecule has 144 valence electrons. The smallest absolute Gasteiger partial charge is 0.337 e. The molecule has 0 aliphatic carbocycles. The molecule has 0 saturated heterocycles. The van der Waals surface area contributed by atoms with Crippen LogP contribution in [0.2, 0.25) is 0 Å². The maximum absolute atomic E-state index is 11.5. The molecule has 8 heteroatoms. The predicted molar refractivity (Wildman–Crippen MR) is 112 cm³/mol. The van der Waals surface area contributed by atoms with E-state index in [0.29, 0.717) is 29.4 Å². The number of nitrogens with one attached hydrogen (secondary N) is 1. The van der Waals surface area contributed by atoms with Crippen LogP contribution in [0.3, 0.4) is 0 Å². The number of rotatable bonds is 6. The van der Waals surface area contributed by atoms with Crippen molar-refractivity contribution in [2.75, 3.05) is 24.8 Å². The van der Waals surface area contributed by atoms with Crippen molar-refractivity contribution in [3.63, 3.8) is 0 Å². The minimum Gasteiger partial charge on any atom is -0.493 e. The number of hydrogen-bond donors (Lipinski definition) is 2. The molecule has 7 nitrogen and oxygen atoms in total. The Morgan fingerprint density at radius 3 is 2.57 bits per heavy atom. The fourth-order valence-corrected chi connectivity index (χ4v) is 2.97. The van der Waals surface area contributed by atoms with Gasteiger partial charge in [0.05, 0.1) is 25.0 Å². The highest BCUT2D eigenvalue weighted by Crippen LogP contribution is 2.33. The number of methoxy groups -OCH3 is 1. The average Bonchev–Trinajstić information content (AvgIpc) is 2.69. The van der Waals surface area contributed by atoms with Crippen molar-refractivity contribution in [2.45, 2.75) is 6.92 Å². The lowest BCUT2D eigenvalue weighted by Crippen LogP contribution is -2.03. The van der Waals surface area contributed by atoms with Crippen LogP contribution in [0, 0.1) is 0 Å². The first-order valence-electron chi connectivity index (χ1n) is 8.53. The molecule has 0 aliphatic heterocycles. The van der Waals surface area contributed by atoms with E-state index in [1.165, 1.54) is 7.11 Å². The van der Waals surface area contributed by atoms with Crippen LogP contribution in [0.5, 0.6) is 5.75 Å². The van der Waals surface area contributed by atoms with E-state index < -0.39 is 5.97 Å². The fourth-order valence-electron chi connectivity index (χ4n) is 2.61. The maximum Gasteiger partial charge on any atom is 0.337 e. The van der Waals surface area contributed by atoms with Crippen LogP contribution >= 0.6 is 15.9 Å². The number of anilines is 3. The Kier molecular flexibility index (Phi) is 6.10. The van der Waals surface area contributed by atoms with Gasteiger partial charge in [0.25, 0.3) is 0 Å². The second-order valence-corrected chi connectivity index (χ2v) is 6.68. The van der Waals surface area contributed by atoms with Crippen LogP contribution in [-0.4, -0.2) is 29.7 Å². The fraction of sp³-hybridized carbons (Fsp3) is 0.150. The minimum atomic E-state index is -0.391. The Hall–Kier alpha value is -3.13. The highest BCUT2D eigenvalue weighted by molar-refractivity contribution is 9.10. The zero-order valence-electron chi connectivity index (χ0n) is 15.4. The number of halogens is 1. The van der Waals surface area contributed by atoms with Crippen LogP contribution < -0.4 is 15.8 Å². The summed E-state index contributed by atoms with van der Waals surface area (Å²) in [7, 11) is 1.35. The summed E-state index contributed by atoms with van der Waals surface area (Å²) in [6.07, 6.45) is 0. The van der Waals surface area contributed by atoms with Crippen molar-refractivity contribution in [1.29, 1.82) is 0 Å². The van der Waals surface area contributed by atoms with Gasteiger partial charge in [-0.05, 0) is 49.4 Å². The average molecular weight is 443 g/mol. The second-order valence-electron chi connectivity index (χ2n) is 5.76. The number of aromatic nitrogens is 2. The van der Waals surface area contributed by atoms with E-state index in [0.717, 1.165) is 15.7 Å². The number of carbonyl (C=O) groups excluding carboxylic acids is 1. The van der Waals surface area contributed by atoms with E-state index in [1.807, 2.05) is 25.1 Å². The highest BCUT2D eigenvalue weighted by Gasteiger charge is 2.12. The van der Waals surface area contributed by atoms with Crippen LogP contribution in [-0.2, 0) is 4.74 Å². The summed E-state index contributed by atoms with van der Waals surface area (Å²) in [6.45, 7) is 2.46. The number of esters is 1. The molecule has 0 amide bonds. The number of carbonyl (C=O) groups is 1. The zero-order valence-corrected chi connectivity index (χ0v) is 17.0. The summed E-state index contributed by atoms with van der Waals surface area (Å²) >= 11 is 3.48. The molecule has 0 unspecified atom stereocenters. The van der Waals surface area contributed by atoms with E-state index in [1.54, 1.807) is 30.3 Å². The molecule has 0 bridgehead atoms. The van der Waals surface area contributed by atoms with Crippen LogP contribution in [0.25, 0.3) is 11.3 Å². The lowest BCUT2D eigenvalue weighted by Gasteiger charge is -2.12. The summed E-state index contributed by atoms with van der Waals surface area (Å²) in [5, 5.41) is 3.17. The van der Waals surface area contributed by atoms with Crippen LogP contribution in [0.15, 0.2) is 53.0 Å². The Labute approximate surface area is 171 Å². The van der Waals surface area contributed by atoms with Crippen molar-refractivity contribution in [1.82, 2.24) is 9.97 Å². The Balaban J connectivity index is 1.92. The molecule has 0 fully saturated rings. The molecule has 0 saturated carbocycles. The minimum absolute atomic E-state index is 0.133. The van der Waals surface area contributed by atoms with Gasteiger partial charge in [0, 0.05) is 21.8 Å². The lowest BCUT2D eigenvalue weighted by molar-refractivity contribution is 0.0601. The number of ether oxygens (including phenoxy) is 2. The van der Waals surface area contributed by atoms with E-state index in [9.17, 15) is 4.79 Å². The zero-order chi connectivity index (χ0) is 20.1. The van der Waals surface area contributed by atoms with Gasteiger partial charge >= 0.3 is 5.97 Å². The van der Waals surface area contributed by atoms with E-state index in [2.05, 4.69) is 31.2 Å². The first-order chi connectivity index (χ1) is 13.5. The van der Waals surface area contributed by atoms with Gasteiger partial charge in [-0.2, -0.15) is 4.98 Å². The Morgan fingerprint density at radius 1 is 1.14 bits per heavy atom. The highest BCUT2D eigenvalue weighted by atomic mass is 79.9. The van der Waals surface area contributed by atoms with Gasteiger partial charge in [-0.15, -0.1) is 0 Å². The number of nitrogens with two attached hydrogens (primary N) is 1. The van der Waals surface area contributed by atoms with Crippen LogP contribution in [0.4, 0.5) is 17.5 Å². The number of nitrogen functional groups attached to an aromatic ring is 1. The molecule has 0 atom stereocenters. The summed E-state index contributed by atoms with van der Waals surface area (Å²) in [4.78, 5) is 20.1. The molecule has 0 spiro atoms.